The van der Waals surface area contributed by atoms with E-state index in [4.69, 9.17) is 4.42 Å². The van der Waals surface area contributed by atoms with E-state index in [9.17, 15) is 4.79 Å². The maximum absolute atomic E-state index is 13.2. The van der Waals surface area contributed by atoms with Crippen LogP contribution in [0.1, 0.15) is 41.6 Å². The van der Waals surface area contributed by atoms with Crippen molar-refractivity contribution in [3.8, 4) is 11.5 Å². The SMILES string of the molecule is Cc1ccccc1-c1nc(Cn2cnc3nc4c(cc3c2=O)C[C@H](C)CC4)c(C)o1. The minimum atomic E-state index is -0.0895. The molecule has 0 fully saturated rings. The van der Waals surface area contributed by atoms with Crippen LogP contribution in [-0.4, -0.2) is 19.5 Å². The van der Waals surface area contributed by atoms with Gasteiger partial charge in [0.15, 0.2) is 5.65 Å². The molecule has 5 rings (SSSR count). The smallest absolute Gasteiger partial charge is 0.263 e. The number of aryl methyl sites for hydroxylation is 3. The van der Waals surface area contributed by atoms with Crippen LogP contribution in [0.2, 0.25) is 0 Å². The molecule has 1 aliphatic rings. The Kier molecular flexibility index (Phi) is 4.50. The summed E-state index contributed by atoms with van der Waals surface area (Å²) < 4.78 is 7.50. The van der Waals surface area contributed by atoms with E-state index in [1.54, 1.807) is 10.9 Å². The third-order valence-corrected chi connectivity index (χ3v) is 6.01. The van der Waals surface area contributed by atoms with Crippen molar-refractivity contribution in [2.45, 2.75) is 46.6 Å². The van der Waals surface area contributed by atoms with Crippen LogP contribution in [0.3, 0.4) is 0 Å². The topological polar surface area (TPSA) is 73.8 Å². The number of pyridine rings is 1. The molecule has 6 nitrogen and oxygen atoms in total. The van der Waals surface area contributed by atoms with Crippen LogP contribution >= 0.6 is 0 Å². The summed E-state index contributed by atoms with van der Waals surface area (Å²) in [6, 6.07) is 9.97. The van der Waals surface area contributed by atoms with Crippen LogP contribution in [0.25, 0.3) is 22.5 Å². The normalized spacial score (nSPS) is 16.0. The van der Waals surface area contributed by atoms with Gasteiger partial charge in [0.2, 0.25) is 5.89 Å². The molecule has 0 amide bonds. The van der Waals surface area contributed by atoms with Crippen molar-refractivity contribution in [2.24, 2.45) is 5.92 Å². The Balaban J connectivity index is 1.52. The Morgan fingerprint density at radius 3 is 2.87 bits per heavy atom. The zero-order valence-electron chi connectivity index (χ0n) is 17.5. The highest BCUT2D eigenvalue weighted by molar-refractivity contribution is 5.74. The van der Waals surface area contributed by atoms with Crippen molar-refractivity contribution in [3.05, 3.63) is 75.3 Å². The molecule has 0 saturated carbocycles. The van der Waals surface area contributed by atoms with Gasteiger partial charge in [0.25, 0.3) is 5.56 Å². The van der Waals surface area contributed by atoms with E-state index in [0.717, 1.165) is 41.8 Å². The standard InChI is InChI=1S/C24H24N4O2/c1-14-8-9-20-17(10-14)11-19-22(26-20)25-13-28(24(19)29)12-21-16(3)30-23(27-21)18-7-5-4-6-15(18)2/h4-7,11,13-14H,8-10,12H2,1-3H3/t14-/m1/s1. The van der Waals surface area contributed by atoms with Crippen LogP contribution < -0.4 is 5.56 Å². The van der Waals surface area contributed by atoms with Gasteiger partial charge in [-0.3, -0.25) is 9.36 Å². The van der Waals surface area contributed by atoms with Crippen molar-refractivity contribution < 1.29 is 4.42 Å². The van der Waals surface area contributed by atoms with Gasteiger partial charge in [0.05, 0.1) is 11.9 Å². The first-order valence-corrected chi connectivity index (χ1v) is 10.4. The van der Waals surface area contributed by atoms with Gasteiger partial charge < -0.3 is 4.42 Å². The fourth-order valence-electron chi connectivity index (χ4n) is 4.20. The first-order valence-electron chi connectivity index (χ1n) is 10.4. The lowest BCUT2D eigenvalue weighted by molar-refractivity contribution is 0.495. The van der Waals surface area contributed by atoms with Gasteiger partial charge in [-0.15, -0.1) is 0 Å². The summed E-state index contributed by atoms with van der Waals surface area (Å²) in [5.41, 5.74) is 5.49. The van der Waals surface area contributed by atoms with E-state index in [1.807, 2.05) is 44.2 Å². The molecule has 3 heterocycles. The summed E-state index contributed by atoms with van der Waals surface area (Å²) in [6.45, 7) is 6.47. The number of rotatable bonds is 3. The van der Waals surface area contributed by atoms with E-state index in [-0.39, 0.29) is 5.56 Å². The van der Waals surface area contributed by atoms with Gasteiger partial charge in [0.1, 0.15) is 17.8 Å². The molecule has 0 spiro atoms. The van der Waals surface area contributed by atoms with Crippen LogP contribution in [0.5, 0.6) is 0 Å². The van der Waals surface area contributed by atoms with E-state index in [0.29, 0.717) is 35.1 Å². The van der Waals surface area contributed by atoms with Crippen molar-refractivity contribution in [3.63, 3.8) is 0 Å². The number of hydrogen-bond acceptors (Lipinski definition) is 5. The van der Waals surface area contributed by atoms with Crippen molar-refractivity contribution >= 4 is 11.0 Å². The van der Waals surface area contributed by atoms with E-state index in [2.05, 4.69) is 21.9 Å². The molecule has 0 saturated heterocycles. The van der Waals surface area contributed by atoms with E-state index < -0.39 is 0 Å². The summed E-state index contributed by atoms with van der Waals surface area (Å²) in [7, 11) is 0. The molecule has 30 heavy (non-hydrogen) atoms. The highest BCUT2D eigenvalue weighted by atomic mass is 16.4. The predicted octanol–water partition coefficient (Wildman–Crippen LogP) is 4.24. The second-order valence-corrected chi connectivity index (χ2v) is 8.33. The summed E-state index contributed by atoms with van der Waals surface area (Å²) in [4.78, 5) is 27.0. The molecule has 6 heteroatoms. The number of oxazole rings is 1. The minimum absolute atomic E-state index is 0.0895. The molecular formula is C24H24N4O2. The molecular weight excluding hydrogens is 376 g/mol. The second-order valence-electron chi connectivity index (χ2n) is 8.33. The number of aromatic nitrogens is 4. The average molecular weight is 400 g/mol. The third kappa shape index (κ3) is 3.22. The molecule has 1 aliphatic carbocycles. The Hall–Kier alpha value is -3.28. The lowest BCUT2D eigenvalue weighted by Crippen LogP contribution is -2.23. The van der Waals surface area contributed by atoms with Crippen molar-refractivity contribution in [1.29, 1.82) is 0 Å². The van der Waals surface area contributed by atoms with Crippen molar-refractivity contribution in [1.82, 2.24) is 19.5 Å². The molecule has 0 aliphatic heterocycles. The Bertz CT molecular complexity index is 1320. The maximum atomic E-state index is 13.2. The van der Waals surface area contributed by atoms with Crippen LogP contribution in [0.15, 0.2) is 45.9 Å². The summed E-state index contributed by atoms with van der Waals surface area (Å²) in [6.07, 6.45) is 4.63. The van der Waals surface area contributed by atoms with Gasteiger partial charge >= 0.3 is 0 Å². The lowest BCUT2D eigenvalue weighted by Gasteiger charge is -2.20. The monoisotopic (exact) mass is 400 g/mol. The van der Waals surface area contributed by atoms with Crippen LogP contribution in [0.4, 0.5) is 0 Å². The molecule has 0 bridgehead atoms. The van der Waals surface area contributed by atoms with Gasteiger partial charge in [-0.05, 0) is 62.3 Å². The van der Waals surface area contributed by atoms with Gasteiger partial charge in [-0.25, -0.2) is 15.0 Å². The summed E-state index contributed by atoms with van der Waals surface area (Å²) in [5.74, 6) is 1.90. The van der Waals surface area contributed by atoms with Gasteiger partial charge in [-0.2, -0.15) is 0 Å². The lowest BCUT2D eigenvalue weighted by atomic mass is 9.87. The molecule has 0 radical (unpaired) electrons. The van der Waals surface area contributed by atoms with Crippen LogP contribution in [0, 0.1) is 19.8 Å². The fraction of sp³-hybridized carbons (Fsp3) is 0.333. The fourth-order valence-corrected chi connectivity index (χ4v) is 4.20. The molecule has 152 valence electrons. The Morgan fingerprint density at radius 1 is 1.20 bits per heavy atom. The van der Waals surface area contributed by atoms with E-state index >= 15 is 0 Å². The average Bonchev–Trinajstić information content (AvgIpc) is 3.09. The molecule has 1 atom stereocenters. The van der Waals surface area contributed by atoms with Gasteiger partial charge in [0, 0.05) is 11.3 Å². The van der Waals surface area contributed by atoms with Crippen LogP contribution in [-0.2, 0) is 19.4 Å². The zero-order valence-corrected chi connectivity index (χ0v) is 17.5. The first kappa shape index (κ1) is 18.7. The molecule has 1 aromatic carbocycles. The van der Waals surface area contributed by atoms with Gasteiger partial charge in [-0.1, -0.05) is 25.1 Å². The molecule has 3 aromatic heterocycles. The maximum Gasteiger partial charge on any atom is 0.263 e. The minimum Gasteiger partial charge on any atom is -0.441 e. The summed E-state index contributed by atoms with van der Waals surface area (Å²) in [5, 5.41) is 0.575. The number of benzene rings is 1. The largest absolute Gasteiger partial charge is 0.441 e. The Morgan fingerprint density at radius 2 is 2.03 bits per heavy atom. The number of hydrogen-bond donors (Lipinski definition) is 0. The number of nitrogens with zero attached hydrogens (tertiary/aromatic N) is 4. The highest BCUT2D eigenvalue weighted by Gasteiger charge is 2.19. The highest BCUT2D eigenvalue weighted by Crippen LogP contribution is 2.26. The van der Waals surface area contributed by atoms with Crippen molar-refractivity contribution in [2.75, 3.05) is 0 Å². The van der Waals surface area contributed by atoms with E-state index in [1.165, 1.54) is 5.56 Å². The summed E-state index contributed by atoms with van der Waals surface area (Å²) >= 11 is 0. The molecule has 0 N–H and O–H groups in total. The third-order valence-electron chi connectivity index (χ3n) is 6.01. The first-order chi connectivity index (χ1) is 14.5. The second kappa shape index (κ2) is 7.20. The molecule has 0 unspecified atom stereocenters. The molecule has 4 aromatic rings. The Labute approximate surface area is 174 Å². The number of fused-ring (bicyclic) bond motifs is 2. The zero-order chi connectivity index (χ0) is 20.8. The quantitative estimate of drug-likeness (QED) is 0.514. The predicted molar refractivity (Wildman–Crippen MR) is 116 cm³/mol.